The summed E-state index contributed by atoms with van der Waals surface area (Å²) in [5.74, 6) is 0.457. The van der Waals surface area contributed by atoms with Crippen molar-refractivity contribution in [2.45, 2.75) is 44.7 Å². The standard InChI is InChI=1S/C18H26N2O3Si/c1-13-7-8-15(10-19-13)24-20-9-3-4-14(20)12-23-18-6-2-5-17(22)16(18)11-21/h2,5-6,10-11,13-14,19,22H,3-4,7-9,12,24H2,1H3/t13-,14+/m1/s1. The lowest BCUT2D eigenvalue weighted by atomic mass is 10.1. The minimum absolute atomic E-state index is 0.0206. The van der Waals surface area contributed by atoms with Crippen LogP contribution in [0, 0.1) is 0 Å². The molecule has 24 heavy (non-hydrogen) atoms. The minimum Gasteiger partial charge on any atom is -0.507 e. The van der Waals surface area contributed by atoms with E-state index in [1.807, 2.05) is 0 Å². The molecule has 0 amide bonds. The van der Waals surface area contributed by atoms with Crippen molar-refractivity contribution < 1.29 is 14.6 Å². The molecule has 1 aromatic carbocycles. The van der Waals surface area contributed by atoms with Crippen molar-refractivity contribution in [3.8, 4) is 11.5 Å². The Morgan fingerprint density at radius 1 is 1.46 bits per heavy atom. The van der Waals surface area contributed by atoms with Crippen LogP contribution in [0.5, 0.6) is 11.5 Å². The molecule has 5 nitrogen and oxygen atoms in total. The molecule has 2 atom stereocenters. The average Bonchev–Trinajstić information content (AvgIpc) is 3.02. The SMILES string of the molecule is C[C@@H]1CCC([SiH2]N2CCC[C@H]2COc2cccc(O)c2C=O)=CN1. The Morgan fingerprint density at radius 3 is 3.08 bits per heavy atom. The van der Waals surface area contributed by atoms with Crippen LogP contribution in [0.25, 0.3) is 0 Å². The first kappa shape index (κ1) is 17.0. The van der Waals surface area contributed by atoms with Gasteiger partial charge in [-0.2, -0.15) is 0 Å². The number of carbonyl (C=O) groups is 1. The third-order valence-electron chi connectivity index (χ3n) is 4.97. The summed E-state index contributed by atoms with van der Waals surface area (Å²) in [7, 11) is -0.418. The number of phenolic OH excluding ortho intramolecular Hbond substituents is 1. The second-order valence-electron chi connectivity index (χ2n) is 6.79. The second-order valence-corrected chi connectivity index (χ2v) is 8.83. The normalized spacial score (nSPS) is 24.8. The Hall–Kier alpha value is -1.79. The number of aromatic hydroxyl groups is 1. The van der Waals surface area contributed by atoms with Gasteiger partial charge in [0.2, 0.25) is 0 Å². The van der Waals surface area contributed by atoms with Crippen molar-refractivity contribution in [1.82, 2.24) is 9.88 Å². The lowest BCUT2D eigenvalue weighted by Gasteiger charge is -2.28. The summed E-state index contributed by atoms with van der Waals surface area (Å²) in [6, 6.07) is 5.97. The monoisotopic (exact) mass is 346 g/mol. The lowest BCUT2D eigenvalue weighted by Crippen LogP contribution is -2.39. The van der Waals surface area contributed by atoms with Gasteiger partial charge in [-0.25, -0.2) is 0 Å². The Balaban J connectivity index is 1.58. The van der Waals surface area contributed by atoms with E-state index in [1.165, 1.54) is 25.3 Å². The fourth-order valence-electron chi connectivity index (χ4n) is 3.46. The van der Waals surface area contributed by atoms with Crippen LogP contribution in [0.4, 0.5) is 0 Å². The molecule has 2 heterocycles. The Labute approximate surface area is 145 Å². The number of carbonyl (C=O) groups excluding carboxylic acids is 1. The number of nitrogens with one attached hydrogen (secondary N) is 1. The van der Waals surface area contributed by atoms with E-state index in [2.05, 4.69) is 23.0 Å². The largest absolute Gasteiger partial charge is 0.507 e. The zero-order valence-corrected chi connectivity index (χ0v) is 15.6. The van der Waals surface area contributed by atoms with E-state index in [-0.39, 0.29) is 11.3 Å². The van der Waals surface area contributed by atoms with Gasteiger partial charge in [0.15, 0.2) is 6.29 Å². The molecule has 6 heteroatoms. The lowest BCUT2D eigenvalue weighted by molar-refractivity contribution is 0.111. The van der Waals surface area contributed by atoms with Gasteiger partial charge in [0.1, 0.15) is 27.8 Å². The van der Waals surface area contributed by atoms with E-state index in [4.69, 9.17) is 4.74 Å². The molecule has 3 rings (SSSR count). The summed E-state index contributed by atoms with van der Waals surface area (Å²) < 4.78 is 8.49. The molecule has 0 bridgehead atoms. The van der Waals surface area contributed by atoms with Crippen LogP contribution in [0.2, 0.25) is 0 Å². The van der Waals surface area contributed by atoms with Gasteiger partial charge < -0.3 is 19.7 Å². The Kier molecular flexibility index (Phi) is 5.58. The topological polar surface area (TPSA) is 61.8 Å². The molecule has 1 aromatic rings. The molecule has 1 saturated heterocycles. The maximum atomic E-state index is 11.1. The number of allylic oxidation sites excluding steroid dienone is 1. The summed E-state index contributed by atoms with van der Waals surface area (Å²) >= 11 is 0. The highest BCUT2D eigenvalue weighted by molar-refractivity contribution is 6.42. The zero-order chi connectivity index (χ0) is 16.9. The van der Waals surface area contributed by atoms with Crippen LogP contribution in [0.3, 0.4) is 0 Å². The van der Waals surface area contributed by atoms with E-state index in [1.54, 1.807) is 17.3 Å². The highest BCUT2D eigenvalue weighted by atomic mass is 28.2. The van der Waals surface area contributed by atoms with Crippen molar-refractivity contribution in [2.75, 3.05) is 13.2 Å². The van der Waals surface area contributed by atoms with Crippen molar-refractivity contribution in [2.24, 2.45) is 0 Å². The number of hydrogen-bond acceptors (Lipinski definition) is 5. The maximum absolute atomic E-state index is 11.1. The van der Waals surface area contributed by atoms with E-state index in [0.29, 0.717) is 30.7 Å². The van der Waals surface area contributed by atoms with Gasteiger partial charge >= 0.3 is 0 Å². The summed E-state index contributed by atoms with van der Waals surface area (Å²) in [6.07, 6.45) is 7.67. The quantitative estimate of drug-likeness (QED) is 0.607. The third kappa shape index (κ3) is 3.99. The maximum Gasteiger partial charge on any atom is 0.157 e. The van der Waals surface area contributed by atoms with Gasteiger partial charge in [0.05, 0.1) is 5.56 Å². The number of ether oxygens (including phenoxy) is 1. The molecule has 0 spiro atoms. The zero-order valence-electron chi connectivity index (χ0n) is 14.2. The predicted molar refractivity (Wildman–Crippen MR) is 97.2 cm³/mol. The average molecular weight is 347 g/mol. The molecular formula is C18H26N2O3Si. The smallest absolute Gasteiger partial charge is 0.157 e. The second kappa shape index (κ2) is 7.85. The van der Waals surface area contributed by atoms with Crippen LogP contribution < -0.4 is 10.1 Å². The van der Waals surface area contributed by atoms with Crippen molar-refractivity contribution in [1.29, 1.82) is 0 Å². The molecule has 0 saturated carbocycles. The van der Waals surface area contributed by atoms with Crippen LogP contribution in [0.15, 0.2) is 29.6 Å². The molecule has 1 fully saturated rings. The molecule has 0 radical (unpaired) electrons. The van der Waals surface area contributed by atoms with E-state index >= 15 is 0 Å². The first-order valence-electron chi connectivity index (χ1n) is 8.75. The van der Waals surface area contributed by atoms with Crippen LogP contribution in [-0.2, 0) is 0 Å². The number of rotatable bonds is 6. The predicted octanol–water partition coefficient (Wildman–Crippen LogP) is 1.74. The van der Waals surface area contributed by atoms with Crippen molar-refractivity contribution in [3.63, 3.8) is 0 Å². The van der Waals surface area contributed by atoms with Gasteiger partial charge in [-0.05, 0) is 57.5 Å². The van der Waals surface area contributed by atoms with Gasteiger partial charge in [0, 0.05) is 12.1 Å². The van der Waals surface area contributed by atoms with Crippen LogP contribution in [-0.4, -0.2) is 50.9 Å². The minimum atomic E-state index is -0.418. The number of benzene rings is 1. The van der Waals surface area contributed by atoms with E-state index in [0.717, 1.165) is 13.0 Å². The van der Waals surface area contributed by atoms with Gasteiger partial charge in [0.25, 0.3) is 0 Å². The number of hydrogen-bond donors (Lipinski definition) is 2. The molecule has 0 aromatic heterocycles. The van der Waals surface area contributed by atoms with Gasteiger partial charge in [-0.15, -0.1) is 0 Å². The molecular weight excluding hydrogens is 320 g/mol. The summed E-state index contributed by atoms with van der Waals surface area (Å²) in [6.45, 7) is 3.95. The highest BCUT2D eigenvalue weighted by Crippen LogP contribution is 2.27. The van der Waals surface area contributed by atoms with Gasteiger partial charge in [-0.3, -0.25) is 4.79 Å². The van der Waals surface area contributed by atoms with Crippen LogP contribution >= 0.6 is 0 Å². The highest BCUT2D eigenvalue weighted by Gasteiger charge is 2.26. The Bertz CT molecular complexity index is 620. The molecule has 2 aliphatic rings. The van der Waals surface area contributed by atoms with E-state index < -0.39 is 9.68 Å². The number of nitrogens with zero attached hydrogens (tertiary/aromatic N) is 1. The first-order chi connectivity index (χ1) is 11.7. The fraction of sp³-hybridized carbons (Fsp3) is 0.500. The number of phenols is 1. The molecule has 2 N–H and O–H groups in total. The number of aldehydes is 1. The van der Waals surface area contributed by atoms with Crippen LogP contribution in [0.1, 0.15) is 43.0 Å². The summed E-state index contributed by atoms with van der Waals surface area (Å²) in [5.41, 5.74) is 0.243. The first-order valence-corrected chi connectivity index (χ1v) is 10.1. The molecule has 130 valence electrons. The van der Waals surface area contributed by atoms with Crippen molar-refractivity contribution in [3.05, 3.63) is 35.2 Å². The Morgan fingerprint density at radius 2 is 2.33 bits per heavy atom. The van der Waals surface area contributed by atoms with Crippen molar-refractivity contribution >= 4 is 16.0 Å². The van der Waals surface area contributed by atoms with Gasteiger partial charge in [-0.1, -0.05) is 11.3 Å². The fourth-order valence-corrected chi connectivity index (χ4v) is 5.48. The molecule has 2 aliphatic heterocycles. The molecule has 0 unspecified atom stereocenters. The van der Waals surface area contributed by atoms with E-state index in [9.17, 15) is 9.90 Å². The molecule has 0 aliphatic carbocycles. The summed E-state index contributed by atoms with van der Waals surface area (Å²) in [4.78, 5) is 11.1. The summed E-state index contributed by atoms with van der Waals surface area (Å²) in [5, 5.41) is 14.8. The third-order valence-corrected chi connectivity index (χ3v) is 7.17.